The molecule has 0 saturated carbocycles. The van der Waals surface area contributed by atoms with Crippen LogP contribution in [0.1, 0.15) is 11.5 Å². The third-order valence-electron chi connectivity index (χ3n) is 1.65. The lowest BCUT2D eigenvalue weighted by Gasteiger charge is -2.00. The summed E-state index contributed by atoms with van der Waals surface area (Å²) < 4.78 is 9.53. The number of furan rings is 1. The van der Waals surface area contributed by atoms with E-state index < -0.39 is 12.1 Å². The second-order valence-corrected chi connectivity index (χ2v) is 2.78. The Balaban J connectivity index is 2.59. The Hall–Kier alpha value is -1.55. The van der Waals surface area contributed by atoms with Crippen LogP contribution in [0.3, 0.4) is 0 Å². The second kappa shape index (κ2) is 4.62. The van der Waals surface area contributed by atoms with Gasteiger partial charge in [0.1, 0.15) is 11.5 Å². The van der Waals surface area contributed by atoms with Gasteiger partial charge in [-0.1, -0.05) is 0 Å². The Morgan fingerprint density at radius 1 is 1.64 bits per heavy atom. The van der Waals surface area contributed by atoms with Gasteiger partial charge >= 0.3 is 5.97 Å². The molecule has 0 radical (unpaired) electrons. The molecule has 1 N–H and O–H groups in total. The zero-order chi connectivity index (χ0) is 10.6. The summed E-state index contributed by atoms with van der Waals surface area (Å²) in [7, 11) is 1.22. The lowest BCUT2D eigenvalue weighted by Crippen LogP contribution is -2.18. The van der Waals surface area contributed by atoms with E-state index >= 15 is 0 Å². The van der Waals surface area contributed by atoms with Crippen LogP contribution in [0.25, 0.3) is 6.08 Å². The first-order chi connectivity index (χ1) is 6.63. The van der Waals surface area contributed by atoms with E-state index in [1.165, 1.54) is 19.3 Å². The van der Waals surface area contributed by atoms with Crippen LogP contribution in [-0.4, -0.2) is 24.3 Å². The highest BCUT2D eigenvalue weighted by molar-refractivity contribution is 5.77. The van der Waals surface area contributed by atoms with Gasteiger partial charge in [-0.15, -0.1) is 0 Å². The van der Waals surface area contributed by atoms with E-state index in [1.807, 2.05) is 6.92 Å². The minimum atomic E-state index is -1.24. The Morgan fingerprint density at radius 2 is 2.36 bits per heavy atom. The first kappa shape index (κ1) is 10.5. The molecule has 1 heterocycles. The summed E-state index contributed by atoms with van der Waals surface area (Å²) in [6, 6.07) is 3.54. The average Bonchev–Trinajstić information content (AvgIpc) is 2.59. The standard InChI is InChI=1S/C10H12O4/c1-7-3-4-8(14-7)5-6-9(11)10(12)13-2/h3-6,9,11H,1-2H3/b6-5+/t9-/m0/s1. The summed E-state index contributed by atoms with van der Waals surface area (Å²) in [5.74, 6) is 0.673. The van der Waals surface area contributed by atoms with E-state index in [0.29, 0.717) is 5.76 Å². The number of rotatable bonds is 3. The van der Waals surface area contributed by atoms with Crippen LogP contribution in [0.15, 0.2) is 22.6 Å². The van der Waals surface area contributed by atoms with Gasteiger partial charge in [-0.3, -0.25) is 0 Å². The van der Waals surface area contributed by atoms with Crippen LogP contribution in [0.4, 0.5) is 0 Å². The Kier molecular flexibility index (Phi) is 3.48. The lowest BCUT2D eigenvalue weighted by atomic mass is 10.3. The Bertz CT molecular complexity index is 338. The van der Waals surface area contributed by atoms with Gasteiger partial charge in [0.25, 0.3) is 0 Å². The monoisotopic (exact) mass is 196 g/mol. The van der Waals surface area contributed by atoms with E-state index in [4.69, 9.17) is 4.42 Å². The molecule has 0 amide bonds. The number of ether oxygens (including phenoxy) is 1. The van der Waals surface area contributed by atoms with Crippen molar-refractivity contribution in [3.05, 3.63) is 29.7 Å². The molecule has 4 nitrogen and oxygen atoms in total. The van der Waals surface area contributed by atoms with Crippen molar-refractivity contribution in [3.63, 3.8) is 0 Å². The molecule has 0 saturated heterocycles. The molecule has 76 valence electrons. The Labute approximate surface area is 81.8 Å². The van der Waals surface area contributed by atoms with Gasteiger partial charge < -0.3 is 14.3 Å². The van der Waals surface area contributed by atoms with Crippen molar-refractivity contribution in [2.45, 2.75) is 13.0 Å². The van der Waals surface area contributed by atoms with Crippen LogP contribution in [-0.2, 0) is 9.53 Å². The number of hydrogen-bond acceptors (Lipinski definition) is 4. The van der Waals surface area contributed by atoms with Crippen LogP contribution in [0.2, 0.25) is 0 Å². The van der Waals surface area contributed by atoms with E-state index in [-0.39, 0.29) is 0 Å². The molecule has 1 rings (SSSR count). The summed E-state index contributed by atoms with van der Waals surface area (Å²) in [6.07, 6.45) is 1.59. The molecule has 0 spiro atoms. The first-order valence-corrected chi connectivity index (χ1v) is 4.14. The van der Waals surface area contributed by atoms with E-state index in [9.17, 15) is 9.90 Å². The molecule has 1 aromatic rings. The van der Waals surface area contributed by atoms with Crippen LogP contribution < -0.4 is 0 Å². The van der Waals surface area contributed by atoms with Crippen molar-refractivity contribution in [1.29, 1.82) is 0 Å². The third-order valence-corrected chi connectivity index (χ3v) is 1.65. The first-order valence-electron chi connectivity index (χ1n) is 4.14. The van der Waals surface area contributed by atoms with Gasteiger partial charge in [-0.2, -0.15) is 0 Å². The summed E-state index contributed by atoms with van der Waals surface area (Å²) in [4.78, 5) is 10.8. The lowest BCUT2D eigenvalue weighted by molar-refractivity contribution is -0.147. The van der Waals surface area contributed by atoms with Gasteiger partial charge in [0, 0.05) is 0 Å². The van der Waals surface area contributed by atoms with Gasteiger partial charge in [0.15, 0.2) is 6.10 Å². The molecule has 0 aliphatic rings. The molecule has 0 aliphatic carbocycles. The van der Waals surface area contributed by atoms with E-state index in [1.54, 1.807) is 12.1 Å². The van der Waals surface area contributed by atoms with Crippen molar-refractivity contribution in [3.8, 4) is 0 Å². The molecule has 0 aliphatic heterocycles. The molecule has 0 unspecified atom stereocenters. The number of methoxy groups -OCH3 is 1. The van der Waals surface area contributed by atoms with E-state index in [0.717, 1.165) is 5.76 Å². The number of carbonyl (C=O) groups is 1. The number of aryl methyl sites for hydroxylation is 1. The number of hydrogen-bond donors (Lipinski definition) is 1. The molecule has 0 aromatic carbocycles. The zero-order valence-electron chi connectivity index (χ0n) is 8.06. The molecule has 0 fully saturated rings. The Morgan fingerprint density at radius 3 is 2.86 bits per heavy atom. The van der Waals surface area contributed by atoms with Crippen molar-refractivity contribution in [2.24, 2.45) is 0 Å². The molecule has 0 bridgehead atoms. The maximum atomic E-state index is 10.8. The highest BCUT2D eigenvalue weighted by Crippen LogP contribution is 2.08. The molecule has 14 heavy (non-hydrogen) atoms. The number of carbonyl (C=O) groups excluding carboxylic acids is 1. The SMILES string of the molecule is COC(=O)[C@@H](O)/C=C/c1ccc(C)o1. The predicted molar refractivity (Wildman–Crippen MR) is 50.5 cm³/mol. The minimum Gasteiger partial charge on any atom is -0.467 e. The highest BCUT2D eigenvalue weighted by Gasteiger charge is 2.10. The molecular formula is C10H12O4. The normalized spacial score (nSPS) is 13.1. The fourth-order valence-electron chi connectivity index (χ4n) is 0.928. The molecule has 1 atom stereocenters. The zero-order valence-corrected chi connectivity index (χ0v) is 8.06. The smallest absolute Gasteiger partial charge is 0.338 e. The van der Waals surface area contributed by atoms with Crippen molar-refractivity contribution >= 4 is 12.0 Å². The van der Waals surface area contributed by atoms with Crippen LogP contribution in [0, 0.1) is 6.92 Å². The molecular weight excluding hydrogens is 184 g/mol. The fraction of sp³-hybridized carbons (Fsp3) is 0.300. The fourth-order valence-corrected chi connectivity index (χ4v) is 0.928. The highest BCUT2D eigenvalue weighted by atomic mass is 16.5. The predicted octanol–water partition coefficient (Wildman–Crippen LogP) is 1.14. The maximum Gasteiger partial charge on any atom is 0.338 e. The third kappa shape index (κ3) is 2.74. The summed E-state index contributed by atoms with van der Waals surface area (Å²) in [6.45, 7) is 1.81. The molecule has 1 aromatic heterocycles. The topological polar surface area (TPSA) is 59.7 Å². The van der Waals surface area contributed by atoms with Gasteiger partial charge in [-0.05, 0) is 31.2 Å². The van der Waals surface area contributed by atoms with Gasteiger partial charge in [0.2, 0.25) is 0 Å². The quantitative estimate of drug-likeness (QED) is 0.736. The van der Waals surface area contributed by atoms with Crippen LogP contribution in [0.5, 0.6) is 0 Å². The minimum absolute atomic E-state index is 0.588. The van der Waals surface area contributed by atoms with Gasteiger partial charge in [-0.25, -0.2) is 4.79 Å². The van der Waals surface area contributed by atoms with Crippen molar-refractivity contribution in [1.82, 2.24) is 0 Å². The second-order valence-electron chi connectivity index (χ2n) is 2.78. The van der Waals surface area contributed by atoms with Crippen LogP contribution >= 0.6 is 0 Å². The summed E-state index contributed by atoms with van der Waals surface area (Å²) in [5, 5.41) is 9.18. The maximum absolute atomic E-state index is 10.8. The number of esters is 1. The molecule has 4 heteroatoms. The van der Waals surface area contributed by atoms with E-state index in [2.05, 4.69) is 4.74 Å². The summed E-state index contributed by atoms with van der Waals surface area (Å²) >= 11 is 0. The average molecular weight is 196 g/mol. The summed E-state index contributed by atoms with van der Waals surface area (Å²) in [5.41, 5.74) is 0. The number of aliphatic hydroxyl groups excluding tert-OH is 1. The number of aliphatic hydroxyl groups is 1. The largest absolute Gasteiger partial charge is 0.467 e. The van der Waals surface area contributed by atoms with Crippen molar-refractivity contribution < 1.29 is 19.1 Å². The van der Waals surface area contributed by atoms with Crippen molar-refractivity contribution in [2.75, 3.05) is 7.11 Å². The van der Waals surface area contributed by atoms with Gasteiger partial charge in [0.05, 0.1) is 7.11 Å².